The summed E-state index contributed by atoms with van der Waals surface area (Å²) >= 11 is 8.28. The van der Waals surface area contributed by atoms with Crippen LogP contribution < -0.4 is 15.0 Å². The van der Waals surface area contributed by atoms with Crippen LogP contribution in [0.3, 0.4) is 0 Å². The molecule has 1 unspecified atom stereocenters. The van der Waals surface area contributed by atoms with E-state index in [9.17, 15) is 0 Å². The lowest BCUT2D eigenvalue weighted by atomic mass is 10.0. The first-order chi connectivity index (χ1) is 14.2. The van der Waals surface area contributed by atoms with Gasteiger partial charge in [0.15, 0.2) is 5.65 Å². The summed E-state index contributed by atoms with van der Waals surface area (Å²) in [6, 6.07) is 14.6. The van der Waals surface area contributed by atoms with Gasteiger partial charge in [-0.25, -0.2) is 4.98 Å². The maximum absolute atomic E-state index is 6.78. The zero-order valence-corrected chi connectivity index (χ0v) is 17.8. The highest BCUT2D eigenvalue weighted by atomic mass is 35.5. The Morgan fingerprint density at radius 2 is 2.07 bits per heavy atom. The van der Waals surface area contributed by atoms with Gasteiger partial charge >= 0.3 is 0 Å². The number of hydrogen-bond acceptors (Lipinski definition) is 6. The van der Waals surface area contributed by atoms with Crippen LogP contribution in [0.5, 0.6) is 5.75 Å². The SMILES string of the molecule is COc1cc(-c2nc3nsc(N4CCNCC4C)c3cc2Cl)c2ccccc2c1. The van der Waals surface area contributed by atoms with Crippen molar-refractivity contribution in [2.24, 2.45) is 0 Å². The zero-order valence-electron chi connectivity index (χ0n) is 16.3. The van der Waals surface area contributed by atoms with Crippen LogP contribution in [-0.2, 0) is 0 Å². The summed E-state index contributed by atoms with van der Waals surface area (Å²) in [4.78, 5) is 7.28. The molecule has 3 heterocycles. The van der Waals surface area contributed by atoms with Gasteiger partial charge in [-0.3, -0.25) is 0 Å². The molecule has 0 bridgehead atoms. The second kappa shape index (κ2) is 7.44. The Morgan fingerprint density at radius 1 is 1.21 bits per heavy atom. The fourth-order valence-corrected chi connectivity index (χ4v) is 5.17. The van der Waals surface area contributed by atoms with Crippen LogP contribution >= 0.6 is 23.1 Å². The molecule has 2 aromatic carbocycles. The molecule has 5 nitrogen and oxygen atoms in total. The van der Waals surface area contributed by atoms with Gasteiger partial charge in [0.05, 0.1) is 23.2 Å². The molecule has 1 fully saturated rings. The number of fused-ring (bicyclic) bond motifs is 2. The number of rotatable bonds is 3. The molecule has 0 spiro atoms. The maximum atomic E-state index is 6.78. The number of methoxy groups -OCH3 is 1. The minimum absolute atomic E-state index is 0.410. The molecule has 1 N–H and O–H groups in total. The van der Waals surface area contributed by atoms with Crippen LogP contribution in [0.25, 0.3) is 33.1 Å². The third-order valence-electron chi connectivity index (χ3n) is 5.49. The van der Waals surface area contributed by atoms with Crippen molar-refractivity contribution in [2.45, 2.75) is 13.0 Å². The first-order valence-electron chi connectivity index (χ1n) is 9.66. The molecular formula is C22H21ClN4OS. The molecule has 2 aromatic heterocycles. The van der Waals surface area contributed by atoms with Crippen molar-refractivity contribution in [3.8, 4) is 17.0 Å². The van der Waals surface area contributed by atoms with E-state index in [4.69, 9.17) is 21.3 Å². The lowest BCUT2D eigenvalue weighted by molar-refractivity contribution is 0.415. The van der Waals surface area contributed by atoms with Gasteiger partial charge in [0.2, 0.25) is 0 Å². The fraction of sp³-hybridized carbons (Fsp3) is 0.273. The highest BCUT2D eigenvalue weighted by Crippen LogP contribution is 2.40. The van der Waals surface area contributed by atoms with E-state index in [2.05, 4.69) is 33.6 Å². The Kier molecular flexibility index (Phi) is 4.78. The third kappa shape index (κ3) is 3.21. The Bertz CT molecular complexity index is 1210. The summed E-state index contributed by atoms with van der Waals surface area (Å²) in [7, 11) is 1.67. The fourth-order valence-electron chi connectivity index (χ4n) is 3.98. The first kappa shape index (κ1) is 18.6. The van der Waals surface area contributed by atoms with Crippen molar-refractivity contribution < 1.29 is 4.74 Å². The molecule has 0 aliphatic carbocycles. The van der Waals surface area contributed by atoms with Crippen LogP contribution in [0.1, 0.15) is 6.92 Å². The zero-order chi connectivity index (χ0) is 20.0. The number of nitrogens with zero attached hydrogens (tertiary/aromatic N) is 3. The molecule has 1 saturated heterocycles. The average Bonchev–Trinajstić information content (AvgIpc) is 3.15. The van der Waals surface area contributed by atoms with E-state index in [-0.39, 0.29) is 0 Å². The standard InChI is InChI=1S/C22H21ClN4OS/c1-13-12-24-7-8-27(13)22-18-11-19(23)20(25-21(18)26-29-22)17-10-15(28-2)9-14-5-3-4-6-16(14)17/h3-6,9-11,13,24H,7-8,12H2,1-2H3. The highest BCUT2D eigenvalue weighted by Gasteiger charge is 2.24. The molecule has 148 valence electrons. The number of piperazine rings is 1. The summed E-state index contributed by atoms with van der Waals surface area (Å²) in [5.74, 6) is 0.783. The van der Waals surface area contributed by atoms with Crippen molar-refractivity contribution >= 4 is 49.9 Å². The van der Waals surface area contributed by atoms with Crippen LogP contribution in [0.4, 0.5) is 5.00 Å². The monoisotopic (exact) mass is 424 g/mol. The summed E-state index contributed by atoms with van der Waals surface area (Å²) in [6.07, 6.45) is 0. The summed E-state index contributed by atoms with van der Waals surface area (Å²) in [6.45, 7) is 5.12. The van der Waals surface area contributed by atoms with Gasteiger partial charge in [0, 0.05) is 31.2 Å². The predicted octanol–water partition coefficient (Wildman–Crippen LogP) is 4.97. The van der Waals surface area contributed by atoms with Crippen LogP contribution in [0.15, 0.2) is 42.5 Å². The first-order valence-corrected chi connectivity index (χ1v) is 10.8. The molecule has 5 rings (SSSR count). The van der Waals surface area contributed by atoms with Gasteiger partial charge in [0.25, 0.3) is 0 Å². The van der Waals surface area contributed by atoms with Gasteiger partial charge in [-0.15, -0.1) is 0 Å². The van der Waals surface area contributed by atoms with Crippen LogP contribution in [0, 0.1) is 0 Å². The number of nitrogens with one attached hydrogen (secondary N) is 1. The number of benzene rings is 2. The molecule has 1 atom stereocenters. The molecule has 29 heavy (non-hydrogen) atoms. The molecule has 0 radical (unpaired) electrons. The molecule has 0 saturated carbocycles. The van der Waals surface area contributed by atoms with Gasteiger partial charge in [-0.05, 0) is 47.4 Å². The largest absolute Gasteiger partial charge is 0.497 e. The number of halogens is 1. The van der Waals surface area contributed by atoms with E-state index in [1.165, 1.54) is 11.5 Å². The van der Waals surface area contributed by atoms with Crippen LogP contribution in [-0.4, -0.2) is 42.1 Å². The second-order valence-corrected chi connectivity index (χ2v) is 8.48. The molecule has 1 aliphatic rings. The Labute approximate surface area is 178 Å². The molecular weight excluding hydrogens is 404 g/mol. The maximum Gasteiger partial charge on any atom is 0.175 e. The Morgan fingerprint density at radius 3 is 2.90 bits per heavy atom. The highest BCUT2D eigenvalue weighted by molar-refractivity contribution is 7.11. The summed E-state index contributed by atoms with van der Waals surface area (Å²) in [5, 5.41) is 8.40. The number of hydrogen-bond donors (Lipinski definition) is 1. The van der Waals surface area contributed by atoms with E-state index in [0.717, 1.165) is 63.4 Å². The number of anilines is 1. The minimum Gasteiger partial charge on any atom is -0.497 e. The lowest BCUT2D eigenvalue weighted by Gasteiger charge is -2.34. The topological polar surface area (TPSA) is 50.3 Å². The second-order valence-electron chi connectivity index (χ2n) is 7.32. The normalized spacial score (nSPS) is 17.2. The van der Waals surface area contributed by atoms with Crippen molar-refractivity contribution in [2.75, 3.05) is 31.6 Å². The average molecular weight is 425 g/mol. The number of pyridine rings is 1. The van der Waals surface area contributed by atoms with Gasteiger partial charge < -0.3 is 15.0 Å². The van der Waals surface area contributed by atoms with Crippen LogP contribution in [0.2, 0.25) is 5.02 Å². The van der Waals surface area contributed by atoms with Gasteiger partial charge in [-0.1, -0.05) is 35.9 Å². The summed E-state index contributed by atoms with van der Waals surface area (Å²) < 4.78 is 10.2. The van der Waals surface area contributed by atoms with Crippen molar-refractivity contribution in [3.63, 3.8) is 0 Å². The molecule has 1 aliphatic heterocycles. The number of aromatic nitrogens is 2. The Hall–Kier alpha value is -2.41. The van der Waals surface area contributed by atoms with E-state index in [0.29, 0.717) is 11.1 Å². The van der Waals surface area contributed by atoms with E-state index >= 15 is 0 Å². The third-order valence-corrected chi connectivity index (χ3v) is 6.67. The van der Waals surface area contributed by atoms with E-state index in [1.54, 1.807) is 7.11 Å². The molecule has 0 amide bonds. The van der Waals surface area contributed by atoms with E-state index < -0.39 is 0 Å². The molecule has 4 aromatic rings. The van der Waals surface area contributed by atoms with Gasteiger partial charge in [0.1, 0.15) is 10.8 Å². The van der Waals surface area contributed by atoms with E-state index in [1.807, 2.05) is 30.3 Å². The predicted molar refractivity (Wildman–Crippen MR) is 122 cm³/mol. The number of ether oxygens (including phenoxy) is 1. The smallest absolute Gasteiger partial charge is 0.175 e. The Balaban J connectivity index is 1.68. The lowest BCUT2D eigenvalue weighted by Crippen LogP contribution is -2.49. The quantitative estimate of drug-likeness (QED) is 0.503. The minimum atomic E-state index is 0.410. The van der Waals surface area contributed by atoms with Crippen molar-refractivity contribution in [1.29, 1.82) is 0 Å². The van der Waals surface area contributed by atoms with Crippen molar-refractivity contribution in [3.05, 3.63) is 47.5 Å². The summed E-state index contributed by atoms with van der Waals surface area (Å²) in [5.41, 5.74) is 2.43. The van der Waals surface area contributed by atoms with Gasteiger partial charge in [-0.2, -0.15) is 4.37 Å². The molecule has 7 heteroatoms. The van der Waals surface area contributed by atoms with Crippen molar-refractivity contribution in [1.82, 2.24) is 14.7 Å².